The maximum Gasteiger partial charge on any atom is 0.325 e. The average molecular weight is 380 g/mol. The minimum absolute atomic E-state index is 0.163. The number of hydrogen-bond donors (Lipinski definition) is 0. The van der Waals surface area contributed by atoms with Crippen molar-refractivity contribution in [2.45, 2.75) is 20.8 Å². The lowest BCUT2D eigenvalue weighted by atomic mass is 10.1. The molecule has 1 heterocycles. The third kappa shape index (κ3) is 5.06. The molecule has 2 rings (SSSR count). The van der Waals surface area contributed by atoms with Gasteiger partial charge in [0.1, 0.15) is 17.3 Å². The van der Waals surface area contributed by atoms with Crippen LogP contribution in [0, 0.1) is 13.8 Å². The largest absolute Gasteiger partial charge is 0.468 e. The van der Waals surface area contributed by atoms with Gasteiger partial charge in [0, 0.05) is 24.1 Å². The summed E-state index contributed by atoms with van der Waals surface area (Å²) in [5.74, 6) is 0.818. The highest BCUT2D eigenvalue weighted by Crippen LogP contribution is 2.30. The Morgan fingerprint density at radius 3 is 2.52 bits per heavy atom. The molecule has 5 nitrogen and oxygen atoms in total. The van der Waals surface area contributed by atoms with Crippen molar-refractivity contribution in [1.29, 1.82) is 0 Å². The van der Waals surface area contributed by atoms with Gasteiger partial charge in [-0.25, -0.2) is 0 Å². The maximum atomic E-state index is 11.5. The van der Waals surface area contributed by atoms with Gasteiger partial charge < -0.3 is 14.4 Å². The van der Waals surface area contributed by atoms with Crippen LogP contribution in [-0.4, -0.2) is 47.8 Å². The van der Waals surface area contributed by atoms with Crippen LogP contribution in [0.15, 0.2) is 17.0 Å². The summed E-state index contributed by atoms with van der Waals surface area (Å²) in [6, 6.07) is 3.92. The highest BCUT2D eigenvalue weighted by molar-refractivity contribution is 8.05. The molecule has 7 heteroatoms. The zero-order valence-electron chi connectivity index (χ0n) is 14.8. The fraction of sp³-hybridized carbons (Fsp3) is 0.389. The number of thiocarbonyl (C=S) groups is 1. The maximum absolute atomic E-state index is 11.5. The van der Waals surface area contributed by atoms with Crippen LogP contribution >= 0.6 is 24.0 Å². The summed E-state index contributed by atoms with van der Waals surface area (Å²) in [7, 11) is 1.37. The Balaban J connectivity index is 2.25. The molecule has 1 aliphatic heterocycles. The fourth-order valence-corrected chi connectivity index (χ4v) is 3.98. The first-order chi connectivity index (χ1) is 11.8. The Morgan fingerprint density at radius 1 is 1.32 bits per heavy atom. The van der Waals surface area contributed by atoms with E-state index in [9.17, 15) is 9.59 Å². The SMILES string of the molecule is COC(=O)CN1CCS/C(=C/c2cc(C)c(OC(C)=O)c(C)c2)C1=S. The van der Waals surface area contributed by atoms with Gasteiger partial charge in [-0.1, -0.05) is 12.2 Å². The van der Waals surface area contributed by atoms with Crippen LogP contribution in [0.25, 0.3) is 6.08 Å². The summed E-state index contributed by atoms with van der Waals surface area (Å²) in [6.07, 6.45) is 2.01. The lowest BCUT2D eigenvalue weighted by molar-refractivity contribution is -0.141. The van der Waals surface area contributed by atoms with Crippen molar-refractivity contribution in [2.24, 2.45) is 0 Å². The molecule has 1 saturated heterocycles. The van der Waals surface area contributed by atoms with Crippen LogP contribution in [-0.2, 0) is 14.3 Å². The molecule has 1 aromatic carbocycles. The van der Waals surface area contributed by atoms with Crippen molar-refractivity contribution in [2.75, 3.05) is 26.0 Å². The molecule has 0 aromatic heterocycles. The van der Waals surface area contributed by atoms with E-state index in [0.717, 1.165) is 33.9 Å². The number of methoxy groups -OCH3 is 1. The number of aryl methyl sites for hydroxylation is 2. The van der Waals surface area contributed by atoms with Gasteiger partial charge in [-0.05, 0) is 48.7 Å². The van der Waals surface area contributed by atoms with Crippen molar-refractivity contribution in [1.82, 2.24) is 4.90 Å². The van der Waals surface area contributed by atoms with Crippen LogP contribution in [0.3, 0.4) is 0 Å². The van der Waals surface area contributed by atoms with Gasteiger partial charge in [0.25, 0.3) is 0 Å². The van der Waals surface area contributed by atoms with E-state index in [1.165, 1.54) is 14.0 Å². The number of hydrogen-bond acceptors (Lipinski definition) is 6. The molecule has 0 spiro atoms. The predicted octanol–water partition coefficient (Wildman–Crippen LogP) is 3.12. The van der Waals surface area contributed by atoms with E-state index in [-0.39, 0.29) is 18.5 Å². The van der Waals surface area contributed by atoms with Crippen LogP contribution in [0.1, 0.15) is 23.6 Å². The molecule has 0 aliphatic carbocycles. The Labute approximate surface area is 157 Å². The first-order valence-electron chi connectivity index (χ1n) is 7.82. The molecule has 0 saturated carbocycles. The number of thioether (sulfide) groups is 1. The molecule has 1 fully saturated rings. The van der Waals surface area contributed by atoms with Gasteiger partial charge in [0.05, 0.1) is 7.11 Å². The second kappa shape index (κ2) is 8.49. The number of esters is 2. The third-order valence-corrected chi connectivity index (χ3v) is 5.31. The molecule has 0 radical (unpaired) electrons. The number of nitrogens with zero attached hydrogens (tertiary/aromatic N) is 1. The lowest BCUT2D eigenvalue weighted by Crippen LogP contribution is -2.39. The minimum atomic E-state index is -0.334. The normalized spacial score (nSPS) is 16.1. The molecule has 0 N–H and O–H groups in total. The zero-order valence-corrected chi connectivity index (χ0v) is 16.4. The van der Waals surface area contributed by atoms with Crippen molar-refractivity contribution >= 4 is 47.0 Å². The second-order valence-electron chi connectivity index (χ2n) is 5.74. The number of benzene rings is 1. The molecule has 0 atom stereocenters. The van der Waals surface area contributed by atoms with Gasteiger partial charge in [-0.2, -0.15) is 0 Å². The van der Waals surface area contributed by atoms with Crippen molar-refractivity contribution in [3.63, 3.8) is 0 Å². The standard InChI is InChI=1S/C18H21NO4S2/c1-11-7-14(8-12(2)17(11)23-13(3)20)9-15-18(24)19(5-6-25-15)10-16(21)22-4/h7-9H,5-6,10H2,1-4H3/b15-9+. The van der Waals surface area contributed by atoms with E-state index in [4.69, 9.17) is 21.7 Å². The van der Waals surface area contributed by atoms with E-state index in [0.29, 0.717) is 10.7 Å². The van der Waals surface area contributed by atoms with Crippen LogP contribution in [0.4, 0.5) is 0 Å². The topological polar surface area (TPSA) is 55.8 Å². The lowest BCUT2D eigenvalue weighted by Gasteiger charge is -2.29. The monoisotopic (exact) mass is 379 g/mol. The smallest absolute Gasteiger partial charge is 0.325 e. The zero-order chi connectivity index (χ0) is 18.6. The molecular formula is C18H21NO4S2. The molecule has 0 bridgehead atoms. The van der Waals surface area contributed by atoms with Crippen molar-refractivity contribution < 1.29 is 19.1 Å². The van der Waals surface area contributed by atoms with Crippen LogP contribution < -0.4 is 4.74 Å². The molecule has 25 heavy (non-hydrogen) atoms. The first kappa shape index (κ1) is 19.5. The van der Waals surface area contributed by atoms with Crippen LogP contribution in [0.2, 0.25) is 0 Å². The van der Waals surface area contributed by atoms with E-state index >= 15 is 0 Å². The van der Waals surface area contributed by atoms with Crippen LogP contribution in [0.5, 0.6) is 5.75 Å². The van der Waals surface area contributed by atoms with Gasteiger partial charge in [0.2, 0.25) is 0 Å². The van der Waals surface area contributed by atoms with Crippen molar-refractivity contribution in [3.8, 4) is 5.75 Å². The summed E-state index contributed by atoms with van der Waals surface area (Å²) in [5, 5.41) is 0. The van der Waals surface area contributed by atoms with Gasteiger partial charge in [-0.15, -0.1) is 11.8 Å². The van der Waals surface area contributed by atoms with Gasteiger partial charge in [-0.3, -0.25) is 9.59 Å². The third-order valence-electron chi connectivity index (χ3n) is 3.69. The summed E-state index contributed by atoms with van der Waals surface area (Å²) in [6.45, 7) is 6.09. The number of rotatable bonds is 4. The molecular weight excluding hydrogens is 358 g/mol. The number of ether oxygens (including phenoxy) is 2. The summed E-state index contributed by atoms with van der Waals surface area (Å²) in [5.41, 5.74) is 2.76. The highest BCUT2D eigenvalue weighted by Gasteiger charge is 2.22. The summed E-state index contributed by atoms with van der Waals surface area (Å²) < 4.78 is 9.99. The Kier molecular flexibility index (Phi) is 6.61. The highest BCUT2D eigenvalue weighted by atomic mass is 32.2. The van der Waals surface area contributed by atoms with Gasteiger partial charge >= 0.3 is 11.9 Å². The Hall–Kier alpha value is -1.86. The predicted molar refractivity (Wildman–Crippen MR) is 104 cm³/mol. The summed E-state index contributed by atoms with van der Waals surface area (Å²) >= 11 is 7.19. The van der Waals surface area contributed by atoms with E-state index in [2.05, 4.69) is 0 Å². The van der Waals surface area contributed by atoms with Crippen molar-refractivity contribution in [3.05, 3.63) is 33.7 Å². The number of carbonyl (C=O) groups excluding carboxylic acids is 2. The van der Waals surface area contributed by atoms with E-state index in [1.54, 1.807) is 11.8 Å². The molecule has 0 amide bonds. The molecule has 1 aromatic rings. The fourth-order valence-electron chi connectivity index (χ4n) is 2.58. The molecule has 0 unspecified atom stereocenters. The molecule has 1 aliphatic rings. The van der Waals surface area contributed by atoms with E-state index < -0.39 is 0 Å². The molecule has 134 valence electrons. The quantitative estimate of drug-likeness (QED) is 0.345. The minimum Gasteiger partial charge on any atom is -0.468 e. The van der Waals surface area contributed by atoms with E-state index in [1.807, 2.05) is 37.0 Å². The second-order valence-corrected chi connectivity index (χ2v) is 7.26. The Morgan fingerprint density at radius 2 is 1.96 bits per heavy atom. The van der Waals surface area contributed by atoms with Gasteiger partial charge in [0.15, 0.2) is 0 Å². The summed E-state index contributed by atoms with van der Waals surface area (Å²) in [4.78, 5) is 26.2. The number of carbonyl (C=O) groups is 2. The first-order valence-corrected chi connectivity index (χ1v) is 9.21. The Bertz CT molecular complexity index is 720. The average Bonchev–Trinajstić information content (AvgIpc) is 2.54.